The maximum absolute atomic E-state index is 13.4. The molecule has 2 unspecified atom stereocenters. The number of anilines is 1. The molecule has 182 valence electrons. The highest BCUT2D eigenvalue weighted by Crippen LogP contribution is 2.32. The minimum atomic E-state index is -0.349. The Morgan fingerprint density at radius 1 is 0.943 bits per heavy atom. The summed E-state index contributed by atoms with van der Waals surface area (Å²) in [6, 6.07) is 15.5. The maximum Gasteiger partial charge on any atom is 0.253 e. The lowest BCUT2D eigenvalue weighted by molar-refractivity contribution is -0.139. The fourth-order valence-corrected chi connectivity index (χ4v) is 5.30. The number of allylic oxidation sites excluding steroid dienone is 2. The highest BCUT2D eigenvalue weighted by atomic mass is 16.2. The number of rotatable bonds is 4. The van der Waals surface area contributed by atoms with Crippen molar-refractivity contribution in [3.63, 3.8) is 0 Å². The minimum Gasteiger partial charge on any atom is -0.337 e. The SMILES string of the molecule is Cc1ccccc1CN1CCCN(C(=O)c2cccc(N3NC(=O)C4CC=CCC4C3=O)c2)CC1. The molecule has 0 bridgehead atoms. The first-order chi connectivity index (χ1) is 17.0. The van der Waals surface area contributed by atoms with E-state index in [0.29, 0.717) is 37.2 Å². The summed E-state index contributed by atoms with van der Waals surface area (Å²) in [5.74, 6) is -0.966. The maximum atomic E-state index is 13.4. The molecule has 0 aromatic heterocycles. The smallest absolute Gasteiger partial charge is 0.253 e. The minimum absolute atomic E-state index is 0.0427. The van der Waals surface area contributed by atoms with Gasteiger partial charge in [0.25, 0.3) is 5.91 Å². The molecule has 1 N–H and O–H groups in total. The molecule has 2 fully saturated rings. The lowest BCUT2D eigenvalue weighted by Crippen LogP contribution is -2.59. The van der Waals surface area contributed by atoms with Crippen molar-refractivity contribution in [2.45, 2.75) is 32.7 Å². The summed E-state index contributed by atoms with van der Waals surface area (Å²) < 4.78 is 0. The first-order valence-corrected chi connectivity index (χ1v) is 12.5. The summed E-state index contributed by atoms with van der Waals surface area (Å²) in [4.78, 5) is 43.4. The topological polar surface area (TPSA) is 73.0 Å². The highest BCUT2D eigenvalue weighted by molar-refractivity contribution is 6.05. The molecule has 1 aliphatic carbocycles. The number of benzene rings is 2. The van der Waals surface area contributed by atoms with E-state index >= 15 is 0 Å². The molecule has 2 atom stereocenters. The van der Waals surface area contributed by atoms with Gasteiger partial charge in [-0.3, -0.25) is 24.7 Å². The van der Waals surface area contributed by atoms with E-state index in [2.05, 4.69) is 41.5 Å². The van der Waals surface area contributed by atoms with Crippen molar-refractivity contribution in [2.24, 2.45) is 11.8 Å². The second-order valence-electron chi connectivity index (χ2n) is 9.70. The van der Waals surface area contributed by atoms with Crippen LogP contribution in [-0.2, 0) is 16.1 Å². The Hall–Kier alpha value is -3.45. The second kappa shape index (κ2) is 10.0. The average molecular weight is 473 g/mol. The third-order valence-electron chi connectivity index (χ3n) is 7.41. The molecule has 0 saturated carbocycles. The number of fused-ring (bicyclic) bond motifs is 1. The lowest BCUT2D eigenvalue weighted by Gasteiger charge is -2.38. The fourth-order valence-electron chi connectivity index (χ4n) is 5.30. The number of carbonyl (C=O) groups is 3. The van der Waals surface area contributed by atoms with E-state index in [1.54, 1.807) is 24.3 Å². The van der Waals surface area contributed by atoms with Crippen molar-refractivity contribution in [1.29, 1.82) is 0 Å². The van der Waals surface area contributed by atoms with Gasteiger partial charge in [-0.15, -0.1) is 0 Å². The van der Waals surface area contributed by atoms with Crippen LogP contribution in [0.25, 0.3) is 0 Å². The van der Waals surface area contributed by atoms with Crippen LogP contribution in [0, 0.1) is 18.8 Å². The molecule has 2 aromatic carbocycles. The molecular formula is C28H32N4O3. The third kappa shape index (κ3) is 4.86. The van der Waals surface area contributed by atoms with E-state index in [-0.39, 0.29) is 29.6 Å². The van der Waals surface area contributed by atoms with Gasteiger partial charge in [0.1, 0.15) is 0 Å². The van der Waals surface area contributed by atoms with Crippen molar-refractivity contribution in [3.8, 4) is 0 Å². The zero-order valence-electron chi connectivity index (χ0n) is 20.2. The number of nitrogens with one attached hydrogen (secondary N) is 1. The van der Waals surface area contributed by atoms with Crippen LogP contribution in [0.1, 0.15) is 40.7 Å². The summed E-state index contributed by atoms with van der Waals surface area (Å²) in [7, 11) is 0. The molecule has 35 heavy (non-hydrogen) atoms. The van der Waals surface area contributed by atoms with Crippen molar-refractivity contribution >= 4 is 23.4 Å². The number of aryl methyl sites for hydroxylation is 1. The third-order valence-corrected chi connectivity index (χ3v) is 7.41. The van der Waals surface area contributed by atoms with Gasteiger partial charge in [0.05, 0.1) is 17.5 Å². The van der Waals surface area contributed by atoms with Gasteiger partial charge in [0.15, 0.2) is 0 Å². The van der Waals surface area contributed by atoms with Gasteiger partial charge in [-0.25, -0.2) is 5.01 Å². The van der Waals surface area contributed by atoms with Crippen LogP contribution in [0.2, 0.25) is 0 Å². The number of amides is 3. The predicted molar refractivity (Wildman–Crippen MR) is 134 cm³/mol. The fraction of sp³-hybridized carbons (Fsp3) is 0.393. The summed E-state index contributed by atoms with van der Waals surface area (Å²) in [6.07, 6.45) is 6.00. The van der Waals surface area contributed by atoms with Gasteiger partial charge < -0.3 is 4.90 Å². The van der Waals surface area contributed by atoms with Gasteiger partial charge >= 0.3 is 0 Å². The van der Waals surface area contributed by atoms with Crippen LogP contribution >= 0.6 is 0 Å². The zero-order chi connectivity index (χ0) is 24.4. The van der Waals surface area contributed by atoms with E-state index in [9.17, 15) is 14.4 Å². The summed E-state index contributed by atoms with van der Waals surface area (Å²) >= 11 is 0. The Bertz CT molecular complexity index is 1160. The molecule has 3 amide bonds. The number of hydrogen-bond acceptors (Lipinski definition) is 4. The molecule has 0 spiro atoms. The number of hydrazine groups is 1. The van der Waals surface area contributed by atoms with Crippen LogP contribution in [-0.4, -0.2) is 53.7 Å². The lowest BCUT2D eigenvalue weighted by atomic mass is 9.80. The Balaban J connectivity index is 1.27. The Morgan fingerprint density at radius 3 is 2.57 bits per heavy atom. The molecule has 7 nitrogen and oxygen atoms in total. The number of hydrogen-bond donors (Lipinski definition) is 1. The summed E-state index contributed by atoms with van der Waals surface area (Å²) in [6.45, 7) is 6.14. The molecule has 2 aromatic rings. The first-order valence-electron chi connectivity index (χ1n) is 12.5. The standard InChI is InChI=1S/C28H32N4O3/c1-20-8-2-3-9-22(20)19-30-14-7-15-31(17-16-30)27(34)21-10-6-11-23(18-21)32-28(35)25-13-5-4-12-24(25)26(33)29-32/h2-6,8-11,18,24-25H,7,12-17,19H2,1H3,(H,29,33). The van der Waals surface area contributed by atoms with Crippen LogP contribution in [0.15, 0.2) is 60.7 Å². The molecule has 2 saturated heterocycles. The molecule has 0 radical (unpaired) electrons. The number of carbonyl (C=O) groups excluding carboxylic acids is 3. The van der Waals surface area contributed by atoms with Crippen LogP contribution in [0.4, 0.5) is 5.69 Å². The normalized spacial score (nSPS) is 23.0. The average Bonchev–Trinajstić information content (AvgIpc) is 3.13. The summed E-state index contributed by atoms with van der Waals surface area (Å²) in [5.41, 5.74) is 6.42. The molecular weight excluding hydrogens is 440 g/mol. The van der Waals surface area contributed by atoms with Crippen molar-refractivity contribution < 1.29 is 14.4 Å². The molecule has 5 rings (SSSR count). The summed E-state index contributed by atoms with van der Waals surface area (Å²) in [5, 5.41) is 1.33. The quantitative estimate of drug-likeness (QED) is 0.693. The van der Waals surface area contributed by atoms with Crippen molar-refractivity contribution in [2.75, 3.05) is 31.2 Å². The Labute approximate surface area is 206 Å². The van der Waals surface area contributed by atoms with E-state index in [1.807, 2.05) is 17.1 Å². The van der Waals surface area contributed by atoms with Crippen molar-refractivity contribution in [1.82, 2.24) is 15.2 Å². The second-order valence-corrected chi connectivity index (χ2v) is 9.70. The molecule has 2 aliphatic heterocycles. The van der Waals surface area contributed by atoms with E-state index in [4.69, 9.17) is 0 Å². The molecule has 3 aliphatic rings. The van der Waals surface area contributed by atoms with Crippen LogP contribution in [0.5, 0.6) is 0 Å². The van der Waals surface area contributed by atoms with Gasteiger partial charge in [-0.2, -0.15) is 0 Å². The molecule has 7 heteroatoms. The van der Waals surface area contributed by atoms with Gasteiger partial charge in [-0.05, 0) is 55.5 Å². The highest BCUT2D eigenvalue weighted by Gasteiger charge is 2.42. The first kappa shape index (κ1) is 23.3. The number of nitrogens with zero attached hydrogens (tertiary/aromatic N) is 3. The van der Waals surface area contributed by atoms with Crippen LogP contribution in [0.3, 0.4) is 0 Å². The monoisotopic (exact) mass is 472 g/mol. The van der Waals surface area contributed by atoms with E-state index < -0.39 is 0 Å². The predicted octanol–water partition coefficient (Wildman–Crippen LogP) is 3.30. The van der Waals surface area contributed by atoms with Gasteiger partial charge in [0.2, 0.25) is 11.8 Å². The molecule has 2 heterocycles. The van der Waals surface area contributed by atoms with Crippen molar-refractivity contribution in [3.05, 3.63) is 77.4 Å². The zero-order valence-corrected chi connectivity index (χ0v) is 20.2. The van der Waals surface area contributed by atoms with E-state index in [0.717, 1.165) is 26.1 Å². The van der Waals surface area contributed by atoms with Gasteiger partial charge in [0, 0.05) is 38.3 Å². The largest absolute Gasteiger partial charge is 0.337 e. The van der Waals surface area contributed by atoms with Gasteiger partial charge in [-0.1, -0.05) is 42.5 Å². The van der Waals surface area contributed by atoms with E-state index in [1.165, 1.54) is 16.1 Å². The Kier molecular flexibility index (Phi) is 6.68. The van der Waals surface area contributed by atoms with Crippen LogP contribution < -0.4 is 10.4 Å². The Morgan fingerprint density at radius 2 is 1.74 bits per heavy atom.